The molecule has 0 unspecified atom stereocenters. The van der Waals surface area contributed by atoms with Crippen molar-refractivity contribution in [1.82, 2.24) is 20.4 Å². The van der Waals surface area contributed by atoms with Gasteiger partial charge in [0.05, 0.1) is 35.3 Å². The third kappa shape index (κ3) is 7.98. The second-order valence-corrected chi connectivity index (χ2v) is 12.3. The number of aromatic nitrogens is 2. The SMILES string of the molecule is CCNc1cc(C(=O)N[C@@H](Cc2ccccc2)[C@@H](O)CNCc2cnn(CC)c2)c(F)c(N2CCCCS2(O)O)c1. The number of nitrogens with one attached hydrogen (secondary N) is 3. The third-order valence-electron chi connectivity index (χ3n) is 7.10. The number of aliphatic hydroxyl groups excluding tert-OH is 1. The maximum atomic E-state index is 15.9. The monoisotopic (exact) mass is 588 g/mol. The summed E-state index contributed by atoms with van der Waals surface area (Å²) in [6.07, 6.45) is 4.36. The molecule has 0 saturated carbocycles. The molecule has 1 aliphatic heterocycles. The highest BCUT2D eigenvalue weighted by Crippen LogP contribution is 2.50. The highest BCUT2D eigenvalue weighted by atomic mass is 32.3. The van der Waals surface area contributed by atoms with Crippen molar-refractivity contribution in [3.63, 3.8) is 0 Å². The smallest absolute Gasteiger partial charge is 0.254 e. The molecule has 1 fully saturated rings. The van der Waals surface area contributed by atoms with E-state index in [1.165, 1.54) is 16.4 Å². The third-order valence-corrected chi connectivity index (χ3v) is 9.02. The Labute approximate surface area is 242 Å². The van der Waals surface area contributed by atoms with Crippen LogP contribution in [0.3, 0.4) is 0 Å². The van der Waals surface area contributed by atoms with Gasteiger partial charge >= 0.3 is 0 Å². The van der Waals surface area contributed by atoms with E-state index < -0.39 is 34.6 Å². The highest BCUT2D eigenvalue weighted by molar-refractivity contribution is 8.25. The van der Waals surface area contributed by atoms with Crippen molar-refractivity contribution in [2.24, 2.45) is 0 Å². The molecule has 0 radical (unpaired) electrons. The zero-order chi connectivity index (χ0) is 29.4. The lowest BCUT2D eigenvalue weighted by Crippen LogP contribution is -2.49. The van der Waals surface area contributed by atoms with Crippen LogP contribution >= 0.6 is 10.8 Å². The van der Waals surface area contributed by atoms with E-state index in [1.54, 1.807) is 6.20 Å². The molecule has 2 heterocycles. The number of aryl methyl sites for hydroxylation is 1. The Morgan fingerprint density at radius 3 is 2.61 bits per heavy atom. The lowest BCUT2D eigenvalue weighted by atomic mass is 10.00. The summed E-state index contributed by atoms with van der Waals surface area (Å²) in [5, 5.41) is 24.6. The van der Waals surface area contributed by atoms with Gasteiger partial charge in [0.2, 0.25) is 0 Å². The lowest BCUT2D eigenvalue weighted by Gasteiger charge is -2.47. The van der Waals surface area contributed by atoms with Gasteiger partial charge in [0.1, 0.15) is 0 Å². The molecule has 3 aromatic rings. The Morgan fingerprint density at radius 2 is 1.93 bits per heavy atom. The number of hydrogen-bond acceptors (Lipinski definition) is 8. The number of nitrogens with zero attached hydrogens (tertiary/aromatic N) is 3. The predicted molar refractivity (Wildman–Crippen MR) is 162 cm³/mol. The Kier molecular flexibility index (Phi) is 10.6. The van der Waals surface area contributed by atoms with Crippen LogP contribution in [0.4, 0.5) is 15.8 Å². The first-order valence-electron chi connectivity index (χ1n) is 14.1. The van der Waals surface area contributed by atoms with E-state index in [0.29, 0.717) is 38.0 Å². The number of carbonyl (C=O) groups is 1. The van der Waals surface area contributed by atoms with Gasteiger partial charge in [-0.3, -0.25) is 22.9 Å². The molecule has 1 aliphatic rings. The second kappa shape index (κ2) is 14.1. The number of hydrogen-bond donors (Lipinski definition) is 6. The van der Waals surface area contributed by atoms with Gasteiger partial charge in [0, 0.05) is 50.2 Å². The average Bonchev–Trinajstić information content (AvgIpc) is 3.42. The van der Waals surface area contributed by atoms with Gasteiger partial charge in [-0.1, -0.05) is 30.3 Å². The standard InChI is InChI=1S/C29H41FN6O4S/c1-3-32-23-15-24(28(30)26(16-23)36-12-8-9-13-41(36,39)40)29(38)34-25(14-21-10-6-5-7-11-21)27(37)19-31-17-22-18-33-35(4-2)20-22/h5-7,10-11,15-16,18,20,25,27,31-32,37,39-40H,3-4,8-9,12-14,17,19H2,1-2H3,(H,34,38)/t25-,27-/m0/s1. The van der Waals surface area contributed by atoms with Crippen molar-refractivity contribution in [2.75, 3.05) is 35.0 Å². The van der Waals surface area contributed by atoms with Crippen molar-refractivity contribution in [1.29, 1.82) is 0 Å². The van der Waals surface area contributed by atoms with Crippen molar-refractivity contribution in [2.45, 2.75) is 58.3 Å². The molecule has 12 heteroatoms. The fourth-order valence-corrected chi connectivity index (χ4v) is 6.60. The first-order valence-corrected chi connectivity index (χ1v) is 15.7. The second-order valence-electron chi connectivity index (χ2n) is 10.2. The number of carbonyl (C=O) groups excluding carboxylic acids is 1. The van der Waals surface area contributed by atoms with E-state index in [2.05, 4.69) is 21.0 Å². The minimum absolute atomic E-state index is 0.0252. The summed E-state index contributed by atoms with van der Waals surface area (Å²) in [6, 6.07) is 11.7. The molecular weight excluding hydrogens is 547 g/mol. The number of anilines is 2. The topological polar surface area (TPSA) is 135 Å². The summed E-state index contributed by atoms with van der Waals surface area (Å²) in [5.41, 5.74) is 2.11. The first-order chi connectivity index (χ1) is 19.7. The summed E-state index contributed by atoms with van der Waals surface area (Å²) in [4.78, 5) is 13.6. The van der Waals surface area contributed by atoms with E-state index in [4.69, 9.17) is 0 Å². The maximum absolute atomic E-state index is 15.9. The molecule has 0 spiro atoms. The number of rotatable bonds is 13. The summed E-state index contributed by atoms with van der Waals surface area (Å²) in [5.74, 6) is -1.37. The summed E-state index contributed by atoms with van der Waals surface area (Å²) in [7, 11) is -3.20. The molecule has 6 N–H and O–H groups in total. The first kappa shape index (κ1) is 30.8. The normalized spacial score (nSPS) is 17.1. The summed E-state index contributed by atoms with van der Waals surface area (Å²) < 4.78 is 40.4. The fraction of sp³-hybridized carbons (Fsp3) is 0.448. The fourth-order valence-electron chi connectivity index (χ4n) is 4.92. The molecule has 10 nitrogen and oxygen atoms in total. The van der Waals surface area contributed by atoms with Crippen molar-refractivity contribution < 1.29 is 23.4 Å². The molecule has 41 heavy (non-hydrogen) atoms. The van der Waals surface area contributed by atoms with Crippen LogP contribution in [0.5, 0.6) is 0 Å². The molecule has 0 aliphatic carbocycles. The van der Waals surface area contributed by atoms with Crippen LogP contribution < -0.4 is 20.3 Å². The molecule has 2 atom stereocenters. The molecule has 2 aromatic carbocycles. The van der Waals surface area contributed by atoms with Gasteiger partial charge < -0.3 is 21.1 Å². The van der Waals surface area contributed by atoms with Crippen LogP contribution in [0.1, 0.15) is 48.2 Å². The van der Waals surface area contributed by atoms with E-state index in [9.17, 15) is 19.0 Å². The van der Waals surface area contributed by atoms with Gasteiger partial charge in [0.25, 0.3) is 5.91 Å². The molecule has 0 bridgehead atoms. The van der Waals surface area contributed by atoms with Crippen LogP contribution in [0.25, 0.3) is 0 Å². The zero-order valence-electron chi connectivity index (χ0n) is 23.6. The van der Waals surface area contributed by atoms with Gasteiger partial charge in [-0.25, -0.2) is 4.39 Å². The van der Waals surface area contributed by atoms with Crippen LogP contribution in [-0.2, 0) is 19.5 Å². The molecule has 4 rings (SSSR count). The number of benzene rings is 2. The minimum atomic E-state index is -3.20. The Balaban J connectivity index is 1.56. The summed E-state index contributed by atoms with van der Waals surface area (Å²) in [6.45, 7) is 6.13. The zero-order valence-corrected chi connectivity index (χ0v) is 24.4. The van der Waals surface area contributed by atoms with Crippen molar-refractivity contribution >= 4 is 28.1 Å². The van der Waals surface area contributed by atoms with Gasteiger partial charge in [-0.05, 0) is 50.8 Å². The van der Waals surface area contributed by atoms with Gasteiger partial charge in [-0.15, -0.1) is 10.8 Å². The Morgan fingerprint density at radius 1 is 1.15 bits per heavy atom. The van der Waals surface area contributed by atoms with Crippen LogP contribution in [0.2, 0.25) is 0 Å². The quantitative estimate of drug-likeness (QED) is 0.175. The van der Waals surface area contributed by atoms with Crippen molar-refractivity contribution in [3.05, 3.63) is 77.4 Å². The minimum Gasteiger partial charge on any atom is -0.390 e. The molecular formula is C29H41FN6O4S. The largest absolute Gasteiger partial charge is 0.390 e. The Bertz CT molecular complexity index is 1290. The van der Waals surface area contributed by atoms with Crippen molar-refractivity contribution in [3.8, 4) is 0 Å². The van der Waals surface area contributed by atoms with Gasteiger partial charge in [-0.2, -0.15) is 5.10 Å². The molecule has 1 amide bonds. The average molecular weight is 589 g/mol. The summed E-state index contributed by atoms with van der Waals surface area (Å²) >= 11 is 0. The molecule has 1 saturated heterocycles. The predicted octanol–water partition coefficient (Wildman–Crippen LogP) is 4.23. The molecule has 1 aromatic heterocycles. The van der Waals surface area contributed by atoms with Crippen LogP contribution in [-0.4, -0.2) is 67.4 Å². The number of amides is 1. The number of aliphatic hydroxyl groups is 1. The van der Waals surface area contributed by atoms with Crippen LogP contribution in [0.15, 0.2) is 54.9 Å². The Hall–Kier alpha value is -3.16. The van der Waals surface area contributed by atoms with E-state index in [1.807, 2.05) is 55.1 Å². The molecule has 224 valence electrons. The number of halogens is 1. The van der Waals surface area contributed by atoms with E-state index >= 15 is 4.39 Å². The van der Waals surface area contributed by atoms with Crippen LogP contribution in [0, 0.1) is 5.82 Å². The van der Waals surface area contributed by atoms with Gasteiger partial charge in [0.15, 0.2) is 5.82 Å². The maximum Gasteiger partial charge on any atom is 0.254 e. The highest BCUT2D eigenvalue weighted by Gasteiger charge is 2.32. The van der Waals surface area contributed by atoms with E-state index in [-0.39, 0.29) is 30.1 Å². The van der Waals surface area contributed by atoms with E-state index in [0.717, 1.165) is 17.7 Å². The lowest BCUT2D eigenvalue weighted by molar-refractivity contribution is 0.0826.